The van der Waals surface area contributed by atoms with Gasteiger partial charge in [-0.25, -0.2) is 0 Å². The average molecular weight is 197 g/mol. The Labute approximate surface area is 83.7 Å². The van der Waals surface area contributed by atoms with Crippen LogP contribution in [0.5, 0.6) is 0 Å². The van der Waals surface area contributed by atoms with E-state index >= 15 is 0 Å². The maximum absolute atomic E-state index is 10.8. The SMILES string of the molecule is CCc1ccc(CC)c(C=O)c1Cl. The normalized spacial score (nSPS) is 10.1. The molecule has 0 fully saturated rings. The Morgan fingerprint density at radius 3 is 2.23 bits per heavy atom. The molecule has 1 aromatic carbocycles. The van der Waals surface area contributed by atoms with Crippen molar-refractivity contribution >= 4 is 17.9 Å². The standard InChI is InChI=1S/C11H13ClO/c1-3-8-5-6-9(4-2)11(12)10(8)7-13/h5-7H,3-4H2,1-2H3. The van der Waals surface area contributed by atoms with Crippen molar-refractivity contribution in [2.45, 2.75) is 26.7 Å². The third-order valence-corrected chi connectivity index (χ3v) is 2.68. The second-order valence-corrected chi connectivity index (χ2v) is 3.31. The molecule has 0 atom stereocenters. The molecule has 70 valence electrons. The van der Waals surface area contributed by atoms with Crippen molar-refractivity contribution in [3.05, 3.63) is 33.8 Å². The van der Waals surface area contributed by atoms with Crippen LogP contribution in [0.15, 0.2) is 12.1 Å². The van der Waals surface area contributed by atoms with Gasteiger partial charge in [-0.3, -0.25) is 4.79 Å². The van der Waals surface area contributed by atoms with E-state index in [2.05, 4.69) is 0 Å². The minimum absolute atomic E-state index is 0.622. The highest BCUT2D eigenvalue weighted by Gasteiger charge is 2.08. The first-order valence-corrected chi connectivity index (χ1v) is 4.87. The summed E-state index contributed by atoms with van der Waals surface area (Å²) < 4.78 is 0. The van der Waals surface area contributed by atoms with Crippen molar-refractivity contribution in [3.8, 4) is 0 Å². The molecule has 0 N–H and O–H groups in total. The summed E-state index contributed by atoms with van der Waals surface area (Å²) in [5, 5.41) is 0.622. The first-order valence-electron chi connectivity index (χ1n) is 4.50. The number of hydrogen-bond acceptors (Lipinski definition) is 1. The predicted octanol–water partition coefficient (Wildman–Crippen LogP) is 3.28. The average Bonchev–Trinajstić information content (AvgIpc) is 2.17. The second kappa shape index (κ2) is 4.43. The maximum atomic E-state index is 10.8. The molecule has 1 aromatic rings. The number of carbonyl (C=O) groups is 1. The van der Waals surface area contributed by atoms with Gasteiger partial charge in [0.1, 0.15) is 0 Å². The Morgan fingerprint density at radius 2 is 1.77 bits per heavy atom. The zero-order chi connectivity index (χ0) is 9.84. The van der Waals surface area contributed by atoms with E-state index in [0.29, 0.717) is 10.6 Å². The molecular weight excluding hydrogens is 184 g/mol. The van der Waals surface area contributed by atoms with E-state index in [-0.39, 0.29) is 0 Å². The van der Waals surface area contributed by atoms with E-state index in [1.54, 1.807) is 0 Å². The van der Waals surface area contributed by atoms with Crippen molar-refractivity contribution < 1.29 is 4.79 Å². The highest BCUT2D eigenvalue weighted by molar-refractivity contribution is 6.33. The number of aryl methyl sites for hydroxylation is 2. The third-order valence-electron chi connectivity index (χ3n) is 2.23. The van der Waals surface area contributed by atoms with Crippen molar-refractivity contribution in [1.29, 1.82) is 0 Å². The molecule has 0 radical (unpaired) electrons. The van der Waals surface area contributed by atoms with Crippen LogP contribution in [-0.4, -0.2) is 6.29 Å². The summed E-state index contributed by atoms with van der Waals surface area (Å²) in [6.45, 7) is 4.05. The summed E-state index contributed by atoms with van der Waals surface area (Å²) in [6.07, 6.45) is 2.56. The van der Waals surface area contributed by atoms with Gasteiger partial charge in [-0.1, -0.05) is 37.6 Å². The Bertz CT molecular complexity index is 318. The largest absolute Gasteiger partial charge is 0.298 e. The molecule has 0 saturated heterocycles. The van der Waals surface area contributed by atoms with Gasteiger partial charge in [0.15, 0.2) is 6.29 Å². The van der Waals surface area contributed by atoms with E-state index in [4.69, 9.17) is 11.6 Å². The van der Waals surface area contributed by atoms with Gasteiger partial charge in [0.2, 0.25) is 0 Å². The number of aldehydes is 1. The van der Waals surface area contributed by atoms with Gasteiger partial charge in [-0.2, -0.15) is 0 Å². The molecule has 0 bridgehead atoms. The van der Waals surface area contributed by atoms with Crippen molar-refractivity contribution in [3.63, 3.8) is 0 Å². The van der Waals surface area contributed by atoms with Gasteiger partial charge in [0, 0.05) is 5.56 Å². The molecule has 0 aliphatic rings. The third kappa shape index (κ3) is 1.92. The van der Waals surface area contributed by atoms with Gasteiger partial charge in [-0.15, -0.1) is 0 Å². The van der Waals surface area contributed by atoms with E-state index < -0.39 is 0 Å². The van der Waals surface area contributed by atoms with Crippen molar-refractivity contribution in [1.82, 2.24) is 0 Å². The zero-order valence-corrected chi connectivity index (χ0v) is 8.69. The van der Waals surface area contributed by atoms with Gasteiger partial charge < -0.3 is 0 Å². The lowest BCUT2D eigenvalue weighted by molar-refractivity contribution is 0.112. The molecule has 0 spiro atoms. The topological polar surface area (TPSA) is 17.1 Å². The van der Waals surface area contributed by atoms with E-state index in [0.717, 1.165) is 30.3 Å². The van der Waals surface area contributed by atoms with Crippen LogP contribution in [0.3, 0.4) is 0 Å². The minimum atomic E-state index is 0.622. The summed E-state index contributed by atoms with van der Waals surface area (Å²) in [7, 11) is 0. The van der Waals surface area contributed by atoms with Crippen LogP contribution < -0.4 is 0 Å². The monoisotopic (exact) mass is 196 g/mol. The Balaban J connectivity index is 3.31. The van der Waals surface area contributed by atoms with E-state index in [9.17, 15) is 4.79 Å². The number of rotatable bonds is 3. The fourth-order valence-electron chi connectivity index (χ4n) is 1.39. The van der Waals surface area contributed by atoms with Crippen LogP contribution in [-0.2, 0) is 12.8 Å². The molecular formula is C11H13ClO. The minimum Gasteiger partial charge on any atom is -0.298 e. The van der Waals surface area contributed by atoms with E-state index in [1.165, 1.54) is 0 Å². The zero-order valence-electron chi connectivity index (χ0n) is 7.93. The molecule has 2 heteroatoms. The maximum Gasteiger partial charge on any atom is 0.151 e. The molecule has 0 amide bonds. The van der Waals surface area contributed by atoms with Gasteiger partial charge in [0.05, 0.1) is 5.02 Å². The van der Waals surface area contributed by atoms with Crippen LogP contribution in [0, 0.1) is 0 Å². The first-order chi connectivity index (χ1) is 6.24. The molecule has 0 saturated carbocycles. The number of carbonyl (C=O) groups excluding carboxylic acids is 1. The highest BCUT2D eigenvalue weighted by Crippen LogP contribution is 2.24. The lowest BCUT2D eigenvalue weighted by Crippen LogP contribution is -1.95. The summed E-state index contributed by atoms with van der Waals surface area (Å²) in [5.74, 6) is 0. The molecule has 1 rings (SSSR count). The first kappa shape index (κ1) is 10.3. The highest BCUT2D eigenvalue weighted by atomic mass is 35.5. The summed E-state index contributed by atoms with van der Waals surface area (Å²) in [6, 6.07) is 3.97. The second-order valence-electron chi connectivity index (χ2n) is 2.94. The molecule has 0 heterocycles. The van der Waals surface area contributed by atoms with E-state index in [1.807, 2.05) is 26.0 Å². The van der Waals surface area contributed by atoms with Crippen molar-refractivity contribution in [2.75, 3.05) is 0 Å². The lowest BCUT2D eigenvalue weighted by Gasteiger charge is -2.07. The van der Waals surface area contributed by atoms with Crippen LogP contribution in [0.4, 0.5) is 0 Å². The predicted molar refractivity (Wildman–Crippen MR) is 55.6 cm³/mol. The Morgan fingerprint density at radius 1 is 1.23 bits per heavy atom. The number of halogens is 1. The Kier molecular flexibility index (Phi) is 3.49. The van der Waals surface area contributed by atoms with Gasteiger partial charge >= 0.3 is 0 Å². The molecule has 1 nitrogen and oxygen atoms in total. The fourth-order valence-corrected chi connectivity index (χ4v) is 1.75. The molecule has 0 aliphatic carbocycles. The summed E-state index contributed by atoms with van der Waals surface area (Å²) in [5.41, 5.74) is 2.72. The molecule has 0 aliphatic heterocycles. The smallest absolute Gasteiger partial charge is 0.151 e. The fraction of sp³-hybridized carbons (Fsp3) is 0.364. The van der Waals surface area contributed by atoms with Crippen LogP contribution >= 0.6 is 11.6 Å². The van der Waals surface area contributed by atoms with Gasteiger partial charge in [0.25, 0.3) is 0 Å². The van der Waals surface area contributed by atoms with Crippen LogP contribution in [0.1, 0.15) is 35.3 Å². The van der Waals surface area contributed by atoms with Crippen LogP contribution in [0.2, 0.25) is 5.02 Å². The van der Waals surface area contributed by atoms with Crippen molar-refractivity contribution in [2.24, 2.45) is 0 Å². The quantitative estimate of drug-likeness (QED) is 0.679. The summed E-state index contributed by atoms with van der Waals surface area (Å²) in [4.78, 5) is 10.8. The molecule has 0 aromatic heterocycles. The lowest BCUT2D eigenvalue weighted by atomic mass is 10.0. The number of benzene rings is 1. The summed E-state index contributed by atoms with van der Waals surface area (Å²) >= 11 is 6.06. The number of hydrogen-bond donors (Lipinski definition) is 0. The van der Waals surface area contributed by atoms with Crippen LogP contribution in [0.25, 0.3) is 0 Å². The Hall–Kier alpha value is -0.820. The van der Waals surface area contributed by atoms with Gasteiger partial charge in [-0.05, 0) is 24.0 Å². The molecule has 0 unspecified atom stereocenters. The molecule has 13 heavy (non-hydrogen) atoms.